The Morgan fingerprint density at radius 2 is 2.00 bits per heavy atom. The van der Waals surface area contributed by atoms with Crippen LogP contribution in [0.3, 0.4) is 0 Å². The highest BCUT2D eigenvalue weighted by molar-refractivity contribution is 6.31. The molecule has 2 N–H and O–H groups in total. The van der Waals surface area contributed by atoms with Gasteiger partial charge in [0, 0.05) is 17.1 Å². The molecule has 1 aliphatic heterocycles. The molecular formula is C20H22ClN3O2. The summed E-state index contributed by atoms with van der Waals surface area (Å²) in [5, 5.41) is 5.20. The largest absolute Gasteiger partial charge is 0.363 e. The zero-order valence-electron chi connectivity index (χ0n) is 14.7. The molecule has 1 aliphatic rings. The monoisotopic (exact) mass is 371 g/mol. The second kappa shape index (κ2) is 8.23. The summed E-state index contributed by atoms with van der Waals surface area (Å²) >= 11 is 6.02. The lowest BCUT2D eigenvalue weighted by molar-refractivity contribution is -0.125. The maximum absolute atomic E-state index is 12.9. The quantitative estimate of drug-likeness (QED) is 0.806. The van der Waals surface area contributed by atoms with E-state index in [1.54, 1.807) is 18.2 Å². The van der Waals surface area contributed by atoms with Gasteiger partial charge in [-0.2, -0.15) is 0 Å². The predicted octanol–water partition coefficient (Wildman–Crippen LogP) is 4.00. The lowest BCUT2D eigenvalue weighted by Crippen LogP contribution is -2.57. The molecule has 1 heterocycles. The molecule has 2 aromatic rings. The fourth-order valence-electron chi connectivity index (χ4n) is 3.03. The van der Waals surface area contributed by atoms with Crippen LogP contribution >= 0.6 is 11.6 Å². The molecule has 1 unspecified atom stereocenters. The predicted molar refractivity (Wildman–Crippen MR) is 103 cm³/mol. The number of benzene rings is 2. The van der Waals surface area contributed by atoms with Crippen LogP contribution in [-0.2, 0) is 11.2 Å². The molecule has 0 saturated heterocycles. The van der Waals surface area contributed by atoms with E-state index < -0.39 is 0 Å². The van der Waals surface area contributed by atoms with Crippen molar-refractivity contribution < 1.29 is 9.59 Å². The number of hydrogen-bond donors (Lipinski definition) is 2. The van der Waals surface area contributed by atoms with E-state index in [0.29, 0.717) is 23.4 Å². The first-order valence-corrected chi connectivity index (χ1v) is 9.19. The molecule has 2 amide bonds. The van der Waals surface area contributed by atoms with Gasteiger partial charge in [-0.15, -0.1) is 0 Å². The van der Waals surface area contributed by atoms with Crippen LogP contribution in [0.1, 0.15) is 42.1 Å². The van der Waals surface area contributed by atoms with Gasteiger partial charge in [-0.05, 0) is 36.6 Å². The number of halogens is 1. The third kappa shape index (κ3) is 4.17. The van der Waals surface area contributed by atoms with E-state index in [1.165, 1.54) is 5.01 Å². The number of hydrogen-bond acceptors (Lipinski definition) is 3. The summed E-state index contributed by atoms with van der Waals surface area (Å²) in [5.74, 6) is -0.427. The van der Waals surface area contributed by atoms with Gasteiger partial charge < -0.3 is 5.32 Å². The first kappa shape index (κ1) is 18.3. The molecule has 0 bridgehead atoms. The van der Waals surface area contributed by atoms with Crippen LogP contribution in [0.2, 0.25) is 5.02 Å². The molecule has 5 nitrogen and oxygen atoms in total. The number of carbonyl (C=O) groups excluding carboxylic acids is 2. The van der Waals surface area contributed by atoms with Gasteiger partial charge in [0.25, 0.3) is 5.91 Å². The van der Waals surface area contributed by atoms with Gasteiger partial charge in [-0.25, -0.2) is 5.01 Å². The highest BCUT2D eigenvalue weighted by Gasteiger charge is 2.32. The van der Waals surface area contributed by atoms with E-state index >= 15 is 0 Å². The standard InChI is InChI=1S/C20H22ClN3O2/c1-2-6-18-22-17-11-10-15(21)13-16(17)20(26)24(18)23-19(25)12-9-14-7-4-3-5-8-14/h3-5,7-8,10-11,13,18,22H,2,6,9,12H2,1H3,(H,23,25). The molecule has 0 aliphatic carbocycles. The minimum absolute atomic E-state index is 0.185. The highest BCUT2D eigenvalue weighted by atomic mass is 35.5. The first-order chi connectivity index (χ1) is 12.6. The van der Waals surface area contributed by atoms with E-state index in [-0.39, 0.29) is 18.0 Å². The molecule has 26 heavy (non-hydrogen) atoms. The van der Waals surface area contributed by atoms with Gasteiger partial charge in [0.1, 0.15) is 6.17 Å². The van der Waals surface area contributed by atoms with Gasteiger partial charge in [-0.1, -0.05) is 55.3 Å². The minimum Gasteiger partial charge on any atom is -0.363 e. The van der Waals surface area contributed by atoms with Crippen molar-refractivity contribution in [2.75, 3.05) is 5.32 Å². The Labute approximate surface area is 158 Å². The Balaban J connectivity index is 1.71. The Kier molecular flexibility index (Phi) is 5.78. The molecule has 6 heteroatoms. The zero-order chi connectivity index (χ0) is 18.5. The van der Waals surface area contributed by atoms with Crippen LogP contribution in [0.15, 0.2) is 48.5 Å². The number of carbonyl (C=O) groups is 2. The maximum atomic E-state index is 12.9. The Morgan fingerprint density at radius 3 is 2.73 bits per heavy atom. The van der Waals surface area contributed by atoms with Gasteiger partial charge in [0.2, 0.25) is 5.91 Å². The number of amides is 2. The molecule has 0 spiro atoms. The highest BCUT2D eigenvalue weighted by Crippen LogP contribution is 2.28. The van der Waals surface area contributed by atoms with E-state index in [2.05, 4.69) is 10.7 Å². The van der Waals surface area contributed by atoms with Crippen molar-refractivity contribution >= 4 is 29.1 Å². The van der Waals surface area contributed by atoms with Crippen molar-refractivity contribution in [2.45, 2.75) is 38.8 Å². The molecule has 0 fully saturated rings. The average molecular weight is 372 g/mol. The van der Waals surface area contributed by atoms with E-state index in [0.717, 1.165) is 24.1 Å². The topological polar surface area (TPSA) is 61.4 Å². The van der Waals surface area contributed by atoms with Crippen molar-refractivity contribution in [3.63, 3.8) is 0 Å². The molecule has 0 radical (unpaired) electrons. The number of nitrogens with zero attached hydrogens (tertiary/aromatic N) is 1. The number of hydrazine groups is 1. The van der Waals surface area contributed by atoms with Crippen LogP contribution < -0.4 is 10.7 Å². The average Bonchev–Trinajstić information content (AvgIpc) is 2.65. The number of fused-ring (bicyclic) bond motifs is 1. The Morgan fingerprint density at radius 1 is 1.23 bits per heavy atom. The van der Waals surface area contributed by atoms with E-state index in [9.17, 15) is 9.59 Å². The Bertz CT molecular complexity index is 795. The van der Waals surface area contributed by atoms with Crippen LogP contribution in [0, 0.1) is 0 Å². The SMILES string of the molecule is CCCC1Nc2ccc(Cl)cc2C(=O)N1NC(=O)CCc1ccccc1. The third-order valence-corrected chi connectivity index (χ3v) is 4.59. The molecule has 1 atom stereocenters. The minimum atomic E-state index is -0.276. The lowest BCUT2D eigenvalue weighted by atomic mass is 10.1. The Hall–Kier alpha value is -2.53. The molecule has 2 aromatic carbocycles. The summed E-state index contributed by atoms with van der Waals surface area (Å²) in [6.45, 7) is 2.04. The van der Waals surface area contributed by atoms with E-state index in [1.807, 2.05) is 37.3 Å². The van der Waals surface area contributed by atoms with Gasteiger partial charge >= 0.3 is 0 Å². The van der Waals surface area contributed by atoms with Crippen LogP contribution in [0.5, 0.6) is 0 Å². The van der Waals surface area contributed by atoms with Crippen LogP contribution in [0.4, 0.5) is 5.69 Å². The summed E-state index contributed by atoms with van der Waals surface area (Å²) in [5.41, 5.74) is 5.07. The van der Waals surface area contributed by atoms with Crippen molar-refractivity contribution in [3.05, 3.63) is 64.7 Å². The maximum Gasteiger partial charge on any atom is 0.276 e. The third-order valence-electron chi connectivity index (χ3n) is 4.36. The van der Waals surface area contributed by atoms with Gasteiger partial charge in [0.15, 0.2) is 0 Å². The summed E-state index contributed by atoms with van der Waals surface area (Å²) in [6, 6.07) is 15.0. The number of aryl methyl sites for hydroxylation is 1. The summed E-state index contributed by atoms with van der Waals surface area (Å²) < 4.78 is 0. The molecule has 0 aromatic heterocycles. The second-order valence-corrected chi connectivity index (χ2v) is 6.77. The second-order valence-electron chi connectivity index (χ2n) is 6.33. The van der Waals surface area contributed by atoms with Crippen molar-refractivity contribution in [3.8, 4) is 0 Å². The normalized spacial score (nSPS) is 16.0. The fourth-order valence-corrected chi connectivity index (χ4v) is 3.20. The molecule has 0 saturated carbocycles. The fraction of sp³-hybridized carbons (Fsp3) is 0.300. The van der Waals surface area contributed by atoms with Crippen molar-refractivity contribution in [1.82, 2.24) is 10.4 Å². The molecule has 3 rings (SSSR count). The van der Waals surface area contributed by atoms with Crippen molar-refractivity contribution in [2.24, 2.45) is 0 Å². The molecule has 136 valence electrons. The summed E-state index contributed by atoms with van der Waals surface area (Å²) in [4.78, 5) is 25.3. The summed E-state index contributed by atoms with van der Waals surface area (Å²) in [6.07, 6.45) is 2.27. The van der Waals surface area contributed by atoms with Crippen LogP contribution in [-0.4, -0.2) is 23.0 Å². The number of anilines is 1. The van der Waals surface area contributed by atoms with Gasteiger partial charge in [0.05, 0.1) is 5.56 Å². The molecular weight excluding hydrogens is 350 g/mol. The zero-order valence-corrected chi connectivity index (χ0v) is 15.4. The summed E-state index contributed by atoms with van der Waals surface area (Å²) in [7, 11) is 0. The lowest BCUT2D eigenvalue weighted by Gasteiger charge is -2.37. The van der Waals surface area contributed by atoms with Gasteiger partial charge in [-0.3, -0.25) is 15.0 Å². The number of rotatable bonds is 6. The number of nitrogens with one attached hydrogen (secondary N) is 2. The van der Waals surface area contributed by atoms with Crippen molar-refractivity contribution in [1.29, 1.82) is 0 Å². The van der Waals surface area contributed by atoms with Crippen LogP contribution in [0.25, 0.3) is 0 Å². The smallest absolute Gasteiger partial charge is 0.276 e. The first-order valence-electron chi connectivity index (χ1n) is 8.81. The van der Waals surface area contributed by atoms with E-state index in [4.69, 9.17) is 11.6 Å².